The lowest BCUT2D eigenvalue weighted by molar-refractivity contribution is -0.139. The van der Waals surface area contributed by atoms with E-state index in [1.165, 1.54) is 16.2 Å². The summed E-state index contributed by atoms with van der Waals surface area (Å²) < 4.78 is 0.689. The maximum absolute atomic E-state index is 11.8. The van der Waals surface area contributed by atoms with Crippen molar-refractivity contribution >= 4 is 34.8 Å². The Hall–Kier alpha value is -1.11. The largest absolute Gasteiger partial charge is 0.480 e. The summed E-state index contributed by atoms with van der Waals surface area (Å²) in [4.78, 5) is 26.3. The Morgan fingerprint density at radius 3 is 2.50 bits per heavy atom. The maximum atomic E-state index is 11.8. The topological polar surface area (TPSA) is 60.9 Å². The molecular weight excluding hydrogens is 276 g/mol. The molecule has 0 saturated carbocycles. The van der Waals surface area contributed by atoms with Crippen LogP contribution in [-0.2, 0) is 16.1 Å². The van der Waals surface area contributed by atoms with E-state index in [1.807, 2.05) is 6.07 Å². The second kappa shape index (κ2) is 6.72. The summed E-state index contributed by atoms with van der Waals surface area (Å²) in [7, 11) is 3.28. The third kappa shape index (κ3) is 5.03. The molecule has 7 heteroatoms. The summed E-state index contributed by atoms with van der Waals surface area (Å²) in [6, 6.07) is 3.66. The molecule has 1 aromatic rings. The number of carbonyl (C=O) groups is 2. The lowest BCUT2D eigenvalue weighted by Crippen LogP contribution is -2.38. The molecule has 0 bridgehead atoms. The van der Waals surface area contributed by atoms with Crippen LogP contribution in [0, 0.1) is 0 Å². The predicted octanol–water partition coefficient (Wildman–Crippen LogP) is 1.38. The summed E-state index contributed by atoms with van der Waals surface area (Å²) in [6.45, 7) is 0.420. The molecule has 0 unspecified atom stereocenters. The Labute approximate surface area is 115 Å². The highest BCUT2D eigenvalue weighted by Crippen LogP contribution is 2.22. The lowest BCUT2D eigenvalue weighted by atomic mass is 10.4. The first-order valence-electron chi connectivity index (χ1n) is 5.27. The number of rotatable bonds is 6. The molecule has 0 aliphatic heterocycles. The first-order chi connectivity index (χ1) is 8.38. The number of nitrogens with zero attached hydrogens (tertiary/aromatic N) is 2. The fourth-order valence-corrected chi connectivity index (χ4v) is 2.54. The van der Waals surface area contributed by atoms with Gasteiger partial charge >= 0.3 is 5.97 Å². The fraction of sp³-hybridized carbons (Fsp3) is 0.455. The van der Waals surface area contributed by atoms with Crippen molar-refractivity contribution in [3.8, 4) is 0 Å². The number of amides is 1. The number of hydrogen-bond donors (Lipinski definition) is 1. The van der Waals surface area contributed by atoms with Crippen LogP contribution in [0.5, 0.6) is 0 Å². The van der Waals surface area contributed by atoms with E-state index in [-0.39, 0.29) is 19.0 Å². The Balaban J connectivity index is 2.44. The third-order valence-corrected chi connectivity index (χ3v) is 3.47. The summed E-state index contributed by atoms with van der Waals surface area (Å²) in [6.07, 6.45) is 0. The van der Waals surface area contributed by atoms with E-state index in [9.17, 15) is 9.59 Å². The Bertz CT molecular complexity index is 436. The summed E-state index contributed by atoms with van der Waals surface area (Å²) in [5.41, 5.74) is 0. The van der Waals surface area contributed by atoms with Gasteiger partial charge in [0.25, 0.3) is 0 Å². The maximum Gasteiger partial charge on any atom is 0.317 e. The summed E-state index contributed by atoms with van der Waals surface area (Å²) >= 11 is 7.23. The number of carbonyl (C=O) groups excluding carboxylic acids is 1. The molecular formula is C11H15ClN2O3S. The van der Waals surface area contributed by atoms with Gasteiger partial charge in [-0.25, -0.2) is 0 Å². The van der Waals surface area contributed by atoms with Crippen LogP contribution in [0.2, 0.25) is 4.34 Å². The number of thiophene rings is 1. The van der Waals surface area contributed by atoms with Gasteiger partial charge in [0.15, 0.2) is 0 Å². The van der Waals surface area contributed by atoms with Crippen molar-refractivity contribution in [3.63, 3.8) is 0 Å². The van der Waals surface area contributed by atoms with Crippen LogP contribution >= 0.6 is 22.9 Å². The average molecular weight is 291 g/mol. The minimum atomic E-state index is -0.946. The molecule has 0 spiro atoms. The second-order valence-electron chi connectivity index (χ2n) is 4.02. The van der Waals surface area contributed by atoms with Crippen LogP contribution in [0.3, 0.4) is 0 Å². The van der Waals surface area contributed by atoms with Crippen LogP contribution < -0.4 is 0 Å². The minimum absolute atomic E-state index is 0.0852. The fourth-order valence-electron chi connectivity index (χ4n) is 1.40. The van der Waals surface area contributed by atoms with Gasteiger partial charge in [-0.2, -0.15) is 0 Å². The normalized spacial score (nSPS) is 10.7. The second-order valence-corrected chi connectivity index (χ2v) is 5.82. The molecule has 0 saturated heterocycles. The smallest absolute Gasteiger partial charge is 0.317 e. The standard InChI is InChI=1S/C11H15ClN2O3S/c1-13(7-11(16)17)6-10(15)14(2)5-8-3-4-9(12)18-8/h3-4H,5-7H2,1-2H3,(H,16,17). The number of aliphatic carboxylic acids is 1. The van der Waals surface area contributed by atoms with E-state index in [0.717, 1.165) is 4.88 Å². The Kier molecular flexibility index (Phi) is 5.58. The van der Waals surface area contributed by atoms with Crippen LogP contribution in [0.15, 0.2) is 12.1 Å². The molecule has 5 nitrogen and oxygen atoms in total. The van der Waals surface area contributed by atoms with Crippen LogP contribution in [-0.4, -0.2) is 54.0 Å². The highest BCUT2D eigenvalue weighted by atomic mass is 35.5. The quantitative estimate of drug-likeness (QED) is 0.860. The van der Waals surface area contributed by atoms with Gasteiger partial charge in [0.05, 0.1) is 24.0 Å². The van der Waals surface area contributed by atoms with Gasteiger partial charge in [-0.1, -0.05) is 11.6 Å². The zero-order chi connectivity index (χ0) is 13.7. The van der Waals surface area contributed by atoms with Gasteiger partial charge in [-0.05, 0) is 19.2 Å². The average Bonchev–Trinajstić information content (AvgIpc) is 2.62. The molecule has 0 aliphatic carbocycles. The first kappa shape index (κ1) is 14.9. The van der Waals surface area contributed by atoms with Crippen LogP contribution in [0.1, 0.15) is 4.88 Å². The molecule has 1 amide bonds. The highest BCUT2D eigenvalue weighted by molar-refractivity contribution is 7.16. The highest BCUT2D eigenvalue weighted by Gasteiger charge is 2.14. The van der Waals surface area contributed by atoms with E-state index in [1.54, 1.807) is 25.1 Å². The van der Waals surface area contributed by atoms with E-state index >= 15 is 0 Å². The van der Waals surface area contributed by atoms with Crippen molar-refractivity contribution in [2.45, 2.75) is 6.54 Å². The number of halogens is 1. The molecule has 0 aliphatic rings. The number of hydrogen-bond acceptors (Lipinski definition) is 4. The Morgan fingerprint density at radius 2 is 2.00 bits per heavy atom. The van der Waals surface area contributed by atoms with Gasteiger partial charge in [0.2, 0.25) is 5.91 Å². The third-order valence-electron chi connectivity index (χ3n) is 2.26. The molecule has 0 radical (unpaired) electrons. The molecule has 1 N–H and O–H groups in total. The van der Waals surface area contributed by atoms with Gasteiger partial charge in [0, 0.05) is 11.9 Å². The molecule has 100 valence electrons. The zero-order valence-electron chi connectivity index (χ0n) is 10.2. The van der Waals surface area contributed by atoms with E-state index in [2.05, 4.69) is 0 Å². The van der Waals surface area contributed by atoms with Crippen LogP contribution in [0.4, 0.5) is 0 Å². The molecule has 1 rings (SSSR count). The van der Waals surface area contributed by atoms with Gasteiger partial charge in [-0.15, -0.1) is 11.3 Å². The molecule has 1 heterocycles. The Morgan fingerprint density at radius 1 is 1.33 bits per heavy atom. The van der Waals surface area contributed by atoms with Crippen molar-refractivity contribution in [1.29, 1.82) is 0 Å². The van der Waals surface area contributed by atoms with Crippen molar-refractivity contribution < 1.29 is 14.7 Å². The summed E-state index contributed by atoms with van der Waals surface area (Å²) in [5.74, 6) is -1.07. The lowest BCUT2D eigenvalue weighted by Gasteiger charge is -2.20. The van der Waals surface area contributed by atoms with E-state index in [0.29, 0.717) is 10.9 Å². The number of likely N-dealkylation sites (N-methyl/N-ethyl adjacent to an activating group) is 2. The monoisotopic (exact) mass is 290 g/mol. The minimum Gasteiger partial charge on any atom is -0.480 e. The van der Waals surface area contributed by atoms with E-state index in [4.69, 9.17) is 16.7 Å². The van der Waals surface area contributed by atoms with Crippen molar-refractivity contribution in [1.82, 2.24) is 9.80 Å². The summed E-state index contributed by atoms with van der Waals surface area (Å²) in [5, 5.41) is 8.59. The molecule has 0 atom stereocenters. The molecule has 0 fully saturated rings. The SMILES string of the molecule is CN(CC(=O)O)CC(=O)N(C)Cc1ccc(Cl)s1. The number of carboxylic acid groups (broad SMARTS) is 1. The zero-order valence-corrected chi connectivity index (χ0v) is 11.8. The molecule has 1 aromatic heterocycles. The predicted molar refractivity (Wildman–Crippen MR) is 70.9 cm³/mol. The van der Waals surface area contributed by atoms with Crippen LogP contribution in [0.25, 0.3) is 0 Å². The van der Waals surface area contributed by atoms with Gasteiger partial charge < -0.3 is 10.0 Å². The number of carboxylic acids is 1. The van der Waals surface area contributed by atoms with Gasteiger partial charge in [-0.3, -0.25) is 14.5 Å². The van der Waals surface area contributed by atoms with Crippen molar-refractivity contribution in [2.75, 3.05) is 27.2 Å². The van der Waals surface area contributed by atoms with Crippen molar-refractivity contribution in [2.24, 2.45) is 0 Å². The van der Waals surface area contributed by atoms with Gasteiger partial charge in [0.1, 0.15) is 0 Å². The molecule has 0 aromatic carbocycles. The van der Waals surface area contributed by atoms with E-state index < -0.39 is 5.97 Å². The van der Waals surface area contributed by atoms with Crippen molar-refractivity contribution in [3.05, 3.63) is 21.3 Å². The first-order valence-corrected chi connectivity index (χ1v) is 6.46. The molecule has 18 heavy (non-hydrogen) atoms.